The number of carbonyl (C=O) groups excluding carboxylic acids is 1. The van der Waals surface area contributed by atoms with Crippen molar-refractivity contribution < 1.29 is 4.79 Å². The average molecular weight is 352 g/mol. The van der Waals surface area contributed by atoms with E-state index in [0.29, 0.717) is 17.7 Å². The fourth-order valence-electron chi connectivity index (χ4n) is 4.45. The summed E-state index contributed by atoms with van der Waals surface area (Å²) >= 11 is 0. The van der Waals surface area contributed by atoms with Crippen LogP contribution in [-0.2, 0) is 0 Å². The summed E-state index contributed by atoms with van der Waals surface area (Å²) in [4.78, 5) is 15.1. The van der Waals surface area contributed by atoms with Gasteiger partial charge in [0.15, 0.2) is 0 Å². The van der Waals surface area contributed by atoms with Crippen molar-refractivity contribution in [1.82, 2.24) is 20.0 Å². The minimum atomic E-state index is 0.0658. The van der Waals surface area contributed by atoms with Crippen LogP contribution in [0.2, 0.25) is 0 Å². The lowest BCUT2D eigenvalue weighted by atomic mass is 9.93. The topological polar surface area (TPSA) is 50.2 Å². The van der Waals surface area contributed by atoms with Crippen LogP contribution in [0.5, 0.6) is 0 Å². The molecule has 2 aliphatic heterocycles. The molecule has 5 heteroatoms. The zero-order valence-electron chi connectivity index (χ0n) is 15.7. The van der Waals surface area contributed by atoms with E-state index in [9.17, 15) is 4.79 Å². The van der Waals surface area contributed by atoms with Gasteiger partial charge in [0.25, 0.3) is 5.91 Å². The maximum atomic E-state index is 13.0. The van der Waals surface area contributed by atoms with Crippen LogP contribution < -0.4 is 5.32 Å². The van der Waals surface area contributed by atoms with Crippen LogP contribution in [0, 0.1) is 6.92 Å². The highest BCUT2D eigenvalue weighted by atomic mass is 16.2. The first-order valence-corrected chi connectivity index (χ1v) is 9.76. The summed E-state index contributed by atoms with van der Waals surface area (Å²) in [6.07, 6.45) is 5.27. The third kappa shape index (κ3) is 3.28. The van der Waals surface area contributed by atoms with E-state index in [4.69, 9.17) is 0 Å². The largest absolute Gasteiger partial charge is 0.334 e. The molecule has 2 fully saturated rings. The van der Waals surface area contributed by atoms with E-state index in [0.717, 1.165) is 38.9 Å². The zero-order valence-corrected chi connectivity index (χ0v) is 15.7. The third-order valence-corrected chi connectivity index (χ3v) is 5.94. The molecule has 1 aromatic heterocycles. The Balaban J connectivity index is 1.48. The quantitative estimate of drug-likeness (QED) is 0.923. The molecule has 26 heavy (non-hydrogen) atoms. The number of carbonyl (C=O) groups is 1. The lowest BCUT2D eigenvalue weighted by Crippen LogP contribution is -2.35. The monoisotopic (exact) mass is 352 g/mol. The standard InChI is InChI=1S/C21H28N4O/c1-15-6-3-4-8-19(15)17-12-16(2)24(14-17)21(26)20-9-11-25(23-20)18-7-5-10-22-13-18/h3-4,6,8-9,11,16-18,22H,5,7,10,12-14H2,1-2H3. The van der Waals surface area contributed by atoms with Crippen molar-refractivity contribution in [2.45, 2.75) is 51.1 Å². The SMILES string of the molecule is Cc1ccccc1C1CC(C)N(C(=O)c2ccn(C3CCCNC3)n2)C1. The molecule has 0 spiro atoms. The predicted octanol–water partition coefficient (Wildman–Crippen LogP) is 3.13. The Morgan fingerprint density at radius 1 is 1.27 bits per heavy atom. The Labute approximate surface area is 155 Å². The molecule has 138 valence electrons. The van der Waals surface area contributed by atoms with Gasteiger partial charge in [-0.25, -0.2) is 0 Å². The molecule has 2 aliphatic rings. The summed E-state index contributed by atoms with van der Waals surface area (Å²) in [6, 6.07) is 11.0. The smallest absolute Gasteiger partial charge is 0.274 e. The Bertz CT molecular complexity index is 778. The van der Waals surface area contributed by atoms with E-state index < -0.39 is 0 Å². The highest BCUT2D eigenvalue weighted by molar-refractivity contribution is 5.92. The number of rotatable bonds is 3. The van der Waals surface area contributed by atoms with Crippen LogP contribution in [0.15, 0.2) is 36.5 Å². The normalized spacial score (nSPS) is 26.2. The number of aromatic nitrogens is 2. The molecular formula is C21H28N4O. The zero-order chi connectivity index (χ0) is 18.1. The molecule has 2 saturated heterocycles. The summed E-state index contributed by atoms with van der Waals surface area (Å²) < 4.78 is 1.97. The van der Waals surface area contributed by atoms with E-state index in [-0.39, 0.29) is 11.9 Å². The lowest BCUT2D eigenvalue weighted by Gasteiger charge is -2.23. The van der Waals surface area contributed by atoms with Crippen molar-refractivity contribution in [3.05, 3.63) is 53.3 Å². The average Bonchev–Trinajstić information content (AvgIpc) is 3.29. The van der Waals surface area contributed by atoms with Gasteiger partial charge in [0, 0.05) is 31.2 Å². The maximum absolute atomic E-state index is 13.0. The Kier molecular flexibility index (Phi) is 4.81. The first kappa shape index (κ1) is 17.3. The van der Waals surface area contributed by atoms with Crippen LogP contribution in [0.3, 0.4) is 0 Å². The van der Waals surface area contributed by atoms with Gasteiger partial charge in [0.1, 0.15) is 5.69 Å². The van der Waals surface area contributed by atoms with Crippen LogP contribution in [0.25, 0.3) is 0 Å². The number of amides is 1. The molecule has 3 atom stereocenters. The van der Waals surface area contributed by atoms with Crippen molar-refractivity contribution in [1.29, 1.82) is 0 Å². The molecule has 0 radical (unpaired) electrons. The van der Waals surface area contributed by atoms with Crippen LogP contribution in [0.4, 0.5) is 0 Å². The molecule has 3 heterocycles. The van der Waals surface area contributed by atoms with E-state index >= 15 is 0 Å². The maximum Gasteiger partial charge on any atom is 0.274 e. The summed E-state index contributed by atoms with van der Waals surface area (Å²) in [5.74, 6) is 0.482. The van der Waals surface area contributed by atoms with Gasteiger partial charge in [-0.15, -0.1) is 0 Å². The molecule has 2 aromatic rings. The van der Waals surface area contributed by atoms with Crippen molar-refractivity contribution in [2.24, 2.45) is 0 Å². The van der Waals surface area contributed by atoms with Crippen molar-refractivity contribution in [3.8, 4) is 0 Å². The van der Waals surface area contributed by atoms with Gasteiger partial charge < -0.3 is 10.2 Å². The second-order valence-corrected chi connectivity index (χ2v) is 7.78. The van der Waals surface area contributed by atoms with Gasteiger partial charge in [0.2, 0.25) is 0 Å². The minimum absolute atomic E-state index is 0.0658. The molecule has 0 bridgehead atoms. The molecule has 1 N–H and O–H groups in total. The first-order valence-electron chi connectivity index (χ1n) is 9.76. The Morgan fingerprint density at radius 3 is 2.88 bits per heavy atom. The van der Waals surface area contributed by atoms with Crippen molar-refractivity contribution >= 4 is 5.91 Å². The van der Waals surface area contributed by atoms with Gasteiger partial charge in [0.05, 0.1) is 6.04 Å². The lowest BCUT2D eigenvalue weighted by molar-refractivity contribution is 0.0738. The second kappa shape index (κ2) is 7.23. The molecule has 5 nitrogen and oxygen atoms in total. The molecule has 0 aliphatic carbocycles. The third-order valence-electron chi connectivity index (χ3n) is 5.94. The number of nitrogens with zero attached hydrogens (tertiary/aromatic N) is 3. The minimum Gasteiger partial charge on any atom is -0.334 e. The first-order chi connectivity index (χ1) is 12.6. The fourth-order valence-corrected chi connectivity index (χ4v) is 4.45. The van der Waals surface area contributed by atoms with Crippen molar-refractivity contribution in [2.75, 3.05) is 19.6 Å². The van der Waals surface area contributed by atoms with Crippen LogP contribution in [0.1, 0.15) is 59.8 Å². The van der Waals surface area contributed by atoms with Gasteiger partial charge >= 0.3 is 0 Å². The Morgan fingerprint density at radius 2 is 2.12 bits per heavy atom. The number of benzene rings is 1. The molecular weight excluding hydrogens is 324 g/mol. The number of hydrogen-bond donors (Lipinski definition) is 1. The summed E-state index contributed by atoms with van der Waals surface area (Å²) in [7, 11) is 0. The highest BCUT2D eigenvalue weighted by Crippen LogP contribution is 2.34. The molecule has 1 aromatic carbocycles. The number of piperidine rings is 1. The molecule has 4 rings (SSSR count). The number of hydrogen-bond acceptors (Lipinski definition) is 3. The molecule has 0 saturated carbocycles. The van der Waals surface area contributed by atoms with Gasteiger partial charge in [-0.2, -0.15) is 5.10 Å². The van der Waals surface area contributed by atoms with Gasteiger partial charge in [-0.3, -0.25) is 9.48 Å². The van der Waals surface area contributed by atoms with E-state index in [1.54, 1.807) is 0 Å². The van der Waals surface area contributed by atoms with E-state index in [2.05, 4.69) is 48.5 Å². The van der Waals surface area contributed by atoms with Crippen molar-refractivity contribution in [3.63, 3.8) is 0 Å². The predicted molar refractivity (Wildman–Crippen MR) is 102 cm³/mol. The fraction of sp³-hybridized carbons (Fsp3) is 0.524. The molecule has 3 unspecified atom stereocenters. The van der Waals surface area contributed by atoms with E-state index in [1.807, 2.05) is 21.8 Å². The summed E-state index contributed by atoms with van der Waals surface area (Å²) in [5, 5.41) is 8.02. The summed E-state index contributed by atoms with van der Waals surface area (Å²) in [5.41, 5.74) is 3.26. The number of nitrogens with one attached hydrogen (secondary N) is 1. The van der Waals surface area contributed by atoms with Crippen LogP contribution >= 0.6 is 0 Å². The van der Waals surface area contributed by atoms with Gasteiger partial charge in [-0.05, 0) is 56.8 Å². The summed E-state index contributed by atoms with van der Waals surface area (Å²) in [6.45, 7) is 7.10. The molecule has 1 amide bonds. The highest BCUT2D eigenvalue weighted by Gasteiger charge is 2.35. The van der Waals surface area contributed by atoms with E-state index in [1.165, 1.54) is 11.1 Å². The Hall–Kier alpha value is -2.14. The van der Waals surface area contributed by atoms with Crippen LogP contribution in [-0.4, -0.2) is 46.3 Å². The number of likely N-dealkylation sites (tertiary alicyclic amines) is 1. The van der Waals surface area contributed by atoms with Gasteiger partial charge in [-0.1, -0.05) is 24.3 Å². The number of aryl methyl sites for hydroxylation is 1. The second-order valence-electron chi connectivity index (χ2n) is 7.78.